The summed E-state index contributed by atoms with van der Waals surface area (Å²) in [6.45, 7) is 12.8. The molecule has 0 spiro atoms. The second kappa shape index (κ2) is 13.1. The van der Waals surface area contributed by atoms with Crippen molar-refractivity contribution < 1.29 is 19.3 Å². The van der Waals surface area contributed by atoms with Crippen LogP contribution in [0.2, 0.25) is 0 Å². The van der Waals surface area contributed by atoms with Gasteiger partial charge in [0, 0.05) is 25.7 Å². The fourth-order valence-electron chi connectivity index (χ4n) is 5.48. The van der Waals surface area contributed by atoms with Crippen LogP contribution in [0.4, 0.5) is 0 Å². The Morgan fingerprint density at radius 3 is 0.976 bits per heavy atom. The van der Waals surface area contributed by atoms with E-state index in [4.69, 9.17) is 14.2 Å². The number of benzene rings is 4. The van der Waals surface area contributed by atoms with Crippen molar-refractivity contribution in [2.24, 2.45) is 0 Å². The van der Waals surface area contributed by atoms with Crippen LogP contribution >= 0.6 is 0 Å². The van der Waals surface area contributed by atoms with Gasteiger partial charge in [0.25, 0.3) is 0 Å². The lowest BCUT2D eigenvalue weighted by atomic mass is 9.91. The number of rotatable bonds is 9. The molecular formula is C37H36O4. The Morgan fingerprint density at radius 2 is 0.707 bits per heavy atom. The smallest absolute Gasteiger partial charge is 0.126 e. The van der Waals surface area contributed by atoms with Crippen molar-refractivity contribution in [2.75, 3.05) is 19.8 Å². The Hall–Kier alpha value is -4.70. The Morgan fingerprint density at radius 1 is 0.463 bits per heavy atom. The van der Waals surface area contributed by atoms with E-state index in [0.29, 0.717) is 51.3 Å². The van der Waals surface area contributed by atoms with Crippen LogP contribution in [0.3, 0.4) is 0 Å². The molecule has 4 aromatic rings. The molecule has 208 valence electrons. The molecule has 1 aliphatic rings. The van der Waals surface area contributed by atoms with E-state index in [9.17, 15) is 5.11 Å². The van der Waals surface area contributed by atoms with Crippen LogP contribution in [-0.4, -0.2) is 24.9 Å². The molecule has 0 aromatic heterocycles. The van der Waals surface area contributed by atoms with Gasteiger partial charge in [-0.15, -0.1) is 0 Å². The van der Waals surface area contributed by atoms with Crippen LogP contribution in [0.1, 0.15) is 44.5 Å². The molecule has 4 heteroatoms. The van der Waals surface area contributed by atoms with Gasteiger partial charge >= 0.3 is 0 Å². The topological polar surface area (TPSA) is 47.9 Å². The van der Waals surface area contributed by atoms with Crippen LogP contribution in [-0.2, 0) is 25.7 Å². The zero-order valence-corrected chi connectivity index (χ0v) is 23.4. The van der Waals surface area contributed by atoms with Crippen LogP contribution in [0.25, 0.3) is 0 Å². The first kappa shape index (κ1) is 27.9. The number of ether oxygens (including phenoxy) is 3. The molecule has 1 aliphatic carbocycles. The third-order valence-electron chi connectivity index (χ3n) is 7.30. The minimum Gasteiger partial charge on any atom is -0.507 e. The average Bonchev–Trinajstić information content (AvgIpc) is 2.98. The summed E-state index contributed by atoms with van der Waals surface area (Å²) in [5.41, 5.74) is 7.91. The monoisotopic (exact) mass is 544 g/mol. The van der Waals surface area contributed by atoms with Gasteiger partial charge in [-0.1, -0.05) is 111 Å². The summed E-state index contributed by atoms with van der Waals surface area (Å²) in [7, 11) is 0. The van der Waals surface area contributed by atoms with E-state index in [1.54, 1.807) is 18.2 Å². The second-order valence-electron chi connectivity index (χ2n) is 10.1. The van der Waals surface area contributed by atoms with Crippen LogP contribution in [0.15, 0.2) is 111 Å². The minimum atomic E-state index is 0.296. The Bertz CT molecular complexity index is 1460. The fraction of sp³-hybridized carbons (Fsp3) is 0.189. The Balaban J connectivity index is 1.74. The number of para-hydroxylation sites is 4. The molecule has 4 nitrogen and oxygen atoms in total. The van der Waals surface area contributed by atoms with Crippen molar-refractivity contribution in [1.29, 1.82) is 0 Å². The number of aromatic hydroxyl groups is 1. The minimum absolute atomic E-state index is 0.296. The molecular weight excluding hydrogens is 508 g/mol. The van der Waals surface area contributed by atoms with Gasteiger partial charge < -0.3 is 19.3 Å². The van der Waals surface area contributed by atoms with E-state index in [1.165, 1.54) is 0 Å². The van der Waals surface area contributed by atoms with E-state index in [-0.39, 0.29) is 0 Å². The molecule has 0 amide bonds. The highest BCUT2D eigenvalue weighted by atomic mass is 16.5. The van der Waals surface area contributed by atoms with Gasteiger partial charge in [0.15, 0.2) is 0 Å². The molecule has 41 heavy (non-hydrogen) atoms. The van der Waals surface area contributed by atoms with Gasteiger partial charge in [-0.25, -0.2) is 0 Å². The Kier molecular flexibility index (Phi) is 8.90. The summed E-state index contributed by atoms with van der Waals surface area (Å²) in [6.07, 6.45) is 7.57. The molecule has 0 atom stereocenters. The number of hydrogen-bond donors (Lipinski definition) is 1. The molecule has 0 saturated heterocycles. The summed E-state index contributed by atoms with van der Waals surface area (Å²) < 4.78 is 18.9. The number of fused-ring (bicyclic) bond motifs is 8. The fourth-order valence-corrected chi connectivity index (χ4v) is 5.48. The van der Waals surface area contributed by atoms with Crippen molar-refractivity contribution in [2.45, 2.75) is 25.7 Å². The summed E-state index contributed by atoms with van der Waals surface area (Å²) in [5, 5.41) is 11.4. The number of hydrogen-bond acceptors (Lipinski definition) is 4. The lowest BCUT2D eigenvalue weighted by Crippen LogP contribution is -2.08. The van der Waals surface area contributed by atoms with Gasteiger partial charge in [0.05, 0.1) is 0 Å². The predicted molar refractivity (Wildman–Crippen MR) is 166 cm³/mol. The zero-order valence-electron chi connectivity index (χ0n) is 23.4. The molecule has 8 bridgehead atoms. The van der Waals surface area contributed by atoms with E-state index in [0.717, 1.165) is 61.8 Å². The van der Waals surface area contributed by atoms with Crippen molar-refractivity contribution in [3.63, 3.8) is 0 Å². The molecule has 0 unspecified atom stereocenters. The maximum atomic E-state index is 11.4. The molecule has 0 saturated carbocycles. The predicted octanol–water partition coefficient (Wildman–Crippen LogP) is 7.76. The first-order valence-corrected chi connectivity index (χ1v) is 14.0. The highest BCUT2D eigenvalue weighted by molar-refractivity contribution is 5.55. The molecule has 0 radical (unpaired) electrons. The van der Waals surface area contributed by atoms with Crippen molar-refractivity contribution in [1.82, 2.24) is 0 Å². The standard InChI is InChI=1S/C37H36O4/c1-4-19-39-35-28-13-8-15-30(35)24-32-17-10-18-33(37(32)41-21-6-3)25-31-16-9-14-29(36(31)40-20-5-2)23-27-12-7-11-26(22-28)34(27)38/h4-18,38H,1-3,19-25H2. The van der Waals surface area contributed by atoms with Gasteiger partial charge in [0.2, 0.25) is 0 Å². The summed E-state index contributed by atoms with van der Waals surface area (Å²) in [4.78, 5) is 0. The first-order valence-electron chi connectivity index (χ1n) is 14.0. The molecule has 4 aromatic carbocycles. The molecule has 0 fully saturated rings. The van der Waals surface area contributed by atoms with Crippen molar-refractivity contribution >= 4 is 0 Å². The summed E-state index contributed by atoms with van der Waals surface area (Å²) in [5.74, 6) is 2.77. The maximum absolute atomic E-state index is 11.4. The van der Waals surface area contributed by atoms with E-state index >= 15 is 0 Å². The molecule has 5 rings (SSSR count). The number of phenols is 1. The average molecular weight is 545 g/mol. The maximum Gasteiger partial charge on any atom is 0.126 e. The van der Waals surface area contributed by atoms with E-state index in [2.05, 4.69) is 74.3 Å². The van der Waals surface area contributed by atoms with E-state index in [1.807, 2.05) is 18.2 Å². The quantitative estimate of drug-likeness (QED) is 0.193. The first-order chi connectivity index (χ1) is 20.1. The molecule has 1 N–H and O–H groups in total. The van der Waals surface area contributed by atoms with Gasteiger partial charge in [0.1, 0.15) is 42.8 Å². The van der Waals surface area contributed by atoms with E-state index < -0.39 is 0 Å². The molecule has 0 heterocycles. The van der Waals surface area contributed by atoms with Crippen LogP contribution < -0.4 is 14.2 Å². The Labute approximate surface area is 242 Å². The highest BCUT2D eigenvalue weighted by Crippen LogP contribution is 2.38. The third-order valence-corrected chi connectivity index (χ3v) is 7.30. The van der Waals surface area contributed by atoms with Gasteiger partial charge in [-0.05, 0) is 44.5 Å². The van der Waals surface area contributed by atoms with Crippen LogP contribution in [0, 0.1) is 0 Å². The number of phenolic OH excluding ortho intramolecular Hbond substituents is 1. The lowest BCUT2D eigenvalue weighted by molar-refractivity contribution is 0.350. The SMILES string of the molecule is C=CCOc1c2cccc1Cc1cccc(c1OCC=C)Cc1cccc(c1OCC=C)Cc1cccc(c1O)C2. The summed E-state index contributed by atoms with van der Waals surface area (Å²) in [6, 6.07) is 24.7. The lowest BCUT2D eigenvalue weighted by Gasteiger charge is -2.21. The second-order valence-corrected chi connectivity index (χ2v) is 10.1. The summed E-state index contributed by atoms with van der Waals surface area (Å²) >= 11 is 0. The van der Waals surface area contributed by atoms with Crippen molar-refractivity contribution in [3.8, 4) is 23.0 Å². The van der Waals surface area contributed by atoms with Gasteiger partial charge in [-0.3, -0.25) is 0 Å². The zero-order chi connectivity index (χ0) is 28.6. The van der Waals surface area contributed by atoms with Gasteiger partial charge in [-0.2, -0.15) is 0 Å². The largest absolute Gasteiger partial charge is 0.507 e. The van der Waals surface area contributed by atoms with Crippen LogP contribution in [0.5, 0.6) is 23.0 Å². The van der Waals surface area contributed by atoms with Crippen molar-refractivity contribution in [3.05, 3.63) is 155 Å². The normalized spacial score (nSPS) is 12.2. The highest BCUT2D eigenvalue weighted by Gasteiger charge is 2.20. The molecule has 0 aliphatic heterocycles. The third kappa shape index (κ3) is 6.22.